The second kappa shape index (κ2) is 8.88. The van der Waals surface area contributed by atoms with E-state index in [1.54, 1.807) is 32.4 Å². The van der Waals surface area contributed by atoms with Gasteiger partial charge in [0.25, 0.3) is 0 Å². The van der Waals surface area contributed by atoms with Gasteiger partial charge in [-0.2, -0.15) is 5.10 Å². The Morgan fingerprint density at radius 3 is 2.58 bits per heavy atom. The van der Waals surface area contributed by atoms with Gasteiger partial charge in [-0.25, -0.2) is 14.3 Å². The number of methoxy groups -OCH3 is 1. The van der Waals surface area contributed by atoms with Crippen LogP contribution in [0.1, 0.15) is 56.5 Å². The third-order valence-electron chi connectivity index (χ3n) is 4.76. The van der Waals surface area contributed by atoms with Crippen LogP contribution < -0.4 is 5.32 Å². The van der Waals surface area contributed by atoms with Gasteiger partial charge in [0, 0.05) is 23.9 Å². The van der Waals surface area contributed by atoms with Crippen molar-refractivity contribution in [2.75, 3.05) is 13.7 Å². The number of carbonyl (C=O) groups excluding carboxylic acids is 2. The molecule has 8 nitrogen and oxygen atoms in total. The van der Waals surface area contributed by atoms with E-state index < -0.39 is 23.2 Å². The minimum atomic E-state index is -0.612. The lowest BCUT2D eigenvalue weighted by molar-refractivity contribution is 0.0491. The molecule has 1 heterocycles. The Balaban J connectivity index is 2.05. The molecule has 0 saturated heterocycles. The summed E-state index contributed by atoms with van der Waals surface area (Å²) in [4.78, 5) is 25.1. The topological polar surface area (TPSA) is 91.7 Å². The van der Waals surface area contributed by atoms with Gasteiger partial charge in [0.15, 0.2) is 0 Å². The number of amides is 1. The van der Waals surface area contributed by atoms with Crippen molar-refractivity contribution in [3.8, 4) is 11.3 Å². The zero-order chi connectivity index (χ0) is 22.8. The Morgan fingerprint density at radius 2 is 2.00 bits per heavy atom. The quantitative estimate of drug-likeness (QED) is 0.626. The third-order valence-corrected chi connectivity index (χ3v) is 5.00. The van der Waals surface area contributed by atoms with E-state index in [-0.39, 0.29) is 13.3 Å². The molecular weight excluding hydrogens is 422 g/mol. The number of aromatic nitrogens is 2. The van der Waals surface area contributed by atoms with Crippen molar-refractivity contribution in [3.05, 3.63) is 40.5 Å². The van der Waals surface area contributed by atoms with Crippen LogP contribution in [-0.4, -0.2) is 41.2 Å². The summed E-state index contributed by atoms with van der Waals surface area (Å²) in [6, 6.07) is 5.36. The number of carbonyl (C=O) groups is 2. The molecule has 1 aliphatic rings. The molecule has 2 aromatic rings. The van der Waals surface area contributed by atoms with Gasteiger partial charge in [-0.1, -0.05) is 17.7 Å². The minimum absolute atomic E-state index is 0.170. The second-order valence-corrected chi connectivity index (χ2v) is 8.90. The van der Waals surface area contributed by atoms with Crippen molar-refractivity contribution in [2.45, 2.75) is 58.4 Å². The first-order chi connectivity index (χ1) is 14.6. The molecule has 1 saturated carbocycles. The number of hydrogen-bond donors (Lipinski definition) is 1. The van der Waals surface area contributed by atoms with E-state index in [2.05, 4.69) is 10.4 Å². The average Bonchev–Trinajstić information content (AvgIpc) is 3.30. The van der Waals surface area contributed by atoms with Crippen LogP contribution in [0.3, 0.4) is 0 Å². The molecule has 0 unspecified atom stereocenters. The summed E-state index contributed by atoms with van der Waals surface area (Å²) in [5.74, 6) is -0.490. The van der Waals surface area contributed by atoms with Gasteiger partial charge < -0.3 is 19.5 Å². The average molecular weight is 450 g/mol. The number of benzene rings is 1. The molecule has 168 valence electrons. The summed E-state index contributed by atoms with van der Waals surface area (Å²) < 4.78 is 17.3. The predicted octanol–water partition coefficient (Wildman–Crippen LogP) is 4.50. The Kier molecular flexibility index (Phi) is 6.62. The number of nitrogens with one attached hydrogen (secondary N) is 1. The Morgan fingerprint density at radius 1 is 1.29 bits per heavy atom. The van der Waals surface area contributed by atoms with Gasteiger partial charge in [-0.15, -0.1) is 0 Å². The summed E-state index contributed by atoms with van der Waals surface area (Å²) in [7, 11) is 1.54. The third kappa shape index (κ3) is 5.37. The molecular formula is C22H28ClN3O5. The van der Waals surface area contributed by atoms with E-state index in [9.17, 15) is 9.59 Å². The molecule has 1 N–H and O–H groups in total. The number of ether oxygens (including phenoxy) is 3. The molecule has 3 rings (SSSR count). The molecule has 1 aromatic heterocycles. The molecule has 0 bridgehead atoms. The van der Waals surface area contributed by atoms with Crippen LogP contribution in [0.25, 0.3) is 11.3 Å². The van der Waals surface area contributed by atoms with E-state index in [1.165, 1.54) is 4.68 Å². The lowest BCUT2D eigenvalue weighted by Gasteiger charge is -2.25. The maximum atomic E-state index is 12.6. The highest BCUT2D eigenvalue weighted by Crippen LogP contribution is 2.49. The molecule has 1 aliphatic carbocycles. The summed E-state index contributed by atoms with van der Waals surface area (Å²) >= 11 is 6.30. The number of halogens is 1. The van der Waals surface area contributed by atoms with Gasteiger partial charge in [-0.05, 0) is 58.2 Å². The zero-order valence-corrected chi connectivity index (χ0v) is 19.2. The lowest BCUT2D eigenvalue weighted by atomic mass is 9.94. The molecule has 9 heteroatoms. The van der Waals surface area contributed by atoms with E-state index in [0.717, 1.165) is 18.4 Å². The molecule has 0 radical (unpaired) electrons. The number of rotatable bonds is 7. The van der Waals surface area contributed by atoms with Gasteiger partial charge >= 0.3 is 12.1 Å². The fraction of sp³-hybridized carbons (Fsp3) is 0.500. The highest BCUT2D eigenvalue weighted by atomic mass is 35.5. The first-order valence-electron chi connectivity index (χ1n) is 10.1. The van der Waals surface area contributed by atoms with E-state index >= 15 is 0 Å². The Bertz CT molecular complexity index is 976. The fourth-order valence-corrected chi connectivity index (χ4v) is 3.56. The summed E-state index contributed by atoms with van der Waals surface area (Å²) in [5, 5.41) is 8.03. The largest absolute Gasteiger partial charge is 0.462 e. The maximum absolute atomic E-state index is 12.6. The van der Waals surface area contributed by atoms with Gasteiger partial charge in [-0.3, -0.25) is 0 Å². The van der Waals surface area contributed by atoms with E-state index in [1.807, 2.05) is 26.8 Å². The highest BCUT2D eigenvalue weighted by Gasteiger charge is 2.48. The van der Waals surface area contributed by atoms with Crippen LogP contribution in [-0.2, 0) is 26.5 Å². The summed E-state index contributed by atoms with van der Waals surface area (Å²) in [6.07, 6.45) is 2.55. The molecule has 1 aromatic carbocycles. The highest BCUT2D eigenvalue weighted by molar-refractivity contribution is 6.31. The van der Waals surface area contributed by atoms with Gasteiger partial charge in [0.1, 0.15) is 23.6 Å². The first kappa shape index (κ1) is 23.1. The standard InChI is InChI=1S/C22H28ClN3O5/c1-6-30-19(27)16-12-26(13-29-5)25-18(16)15-11-14(23)7-8-17(15)22(9-10-22)24-20(28)31-21(2,3)4/h7-8,11-12H,6,9-10,13H2,1-5H3,(H,24,28). The van der Waals surface area contributed by atoms with Gasteiger partial charge in [0.2, 0.25) is 0 Å². The van der Waals surface area contributed by atoms with Crippen molar-refractivity contribution in [1.29, 1.82) is 0 Å². The SMILES string of the molecule is CCOC(=O)c1cn(COC)nc1-c1cc(Cl)ccc1C1(NC(=O)OC(C)(C)C)CC1. The number of hydrogen-bond acceptors (Lipinski definition) is 6. The summed E-state index contributed by atoms with van der Waals surface area (Å²) in [6.45, 7) is 7.59. The van der Waals surface area contributed by atoms with Crippen LogP contribution in [0, 0.1) is 0 Å². The van der Waals surface area contributed by atoms with Crippen LogP contribution in [0.2, 0.25) is 5.02 Å². The van der Waals surface area contributed by atoms with Crippen molar-refractivity contribution in [2.24, 2.45) is 0 Å². The summed E-state index contributed by atoms with van der Waals surface area (Å²) in [5.41, 5.74) is 0.966. The van der Waals surface area contributed by atoms with E-state index in [0.29, 0.717) is 21.8 Å². The molecule has 31 heavy (non-hydrogen) atoms. The van der Waals surface area contributed by atoms with Crippen molar-refractivity contribution >= 4 is 23.7 Å². The molecule has 1 fully saturated rings. The minimum Gasteiger partial charge on any atom is -0.462 e. The molecule has 1 amide bonds. The van der Waals surface area contributed by atoms with E-state index in [4.69, 9.17) is 25.8 Å². The molecule has 0 spiro atoms. The van der Waals surface area contributed by atoms with Gasteiger partial charge in [0.05, 0.1) is 12.1 Å². The Labute approximate surface area is 186 Å². The van der Waals surface area contributed by atoms with Crippen LogP contribution in [0.5, 0.6) is 0 Å². The molecule has 0 aliphatic heterocycles. The van der Waals surface area contributed by atoms with Crippen molar-refractivity contribution in [3.63, 3.8) is 0 Å². The first-order valence-corrected chi connectivity index (χ1v) is 10.5. The zero-order valence-electron chi connectivity index (χ0n) is 18.5. The Hall–Kier alpha value is -2.58. The predicted molar refractivity (Wildman–Crippen MR) is 116 cm³/mol. The van der Waals surface area contributed by atoms with Crippen LogP contribution in [0.15, 0.2) is 24.4 Å². The van der Waals surface area contributed by atoms with Crippen LogP contribution in [0.4, 0.5) is 4.79 Å². The second-order valence-electron chi connectivity index (χ2n) is 8.47. The number of esters is 1. The fourth-order valence-electron chi connectivity index (χ4n) is 3.39. The number of alkyl carbamates (subject to hydrolysis) is 1. The lowest BCUT2D eigenvalue weighted by Crippen LogP contribution is -2.39. The smallest absolute Gasteiger partial charge is 0.408 e. The normalized spacial score (nSPS) is 14.8. The van der Waals surface area contributed by atoms with Crippen molar-refractivity contribution < 1.29 is 23.8 Å². The maximum Gasteiger partial charge on any atom is 0.408 e. The van der Waals surface area contributed by atoms with Crippen LogP contribution >= 0.6 is 11.6 Å². The monoisotopic (exact) mass is 449 g/mol. The number of nitrogens with zero attached hydrogens (tertiary/aromatic N) is 2. The molecule has 0 atom stereocenters. The van der Waals surface area contributed by atoms with Crippen molar-refractivity contribution in [1.82, 2.24) is 15.1 Å².